The van der Waals surface area contributed by atoms with Crippen molar-refractivity contribution in [3.63, 3.8) is 0 Å². The Morgan fingerprint density at radius 2 is 1.20 bits per heavy atom. The highest BCUT2D eigenvalue weighted by Crippen LogP contribution is 2.23. The van der Waals surface area contributed by atoms with Gasteiger partial charge in [-0.3, -0.25) is 24.7 Å². The van der Waals surface area contributed by atoms with E-state index >= 15 is 0 Å². The molecule has 1 aliphatic heterocycles. The molecule has 1 fully saturated rings. The maximum atomic E-state index is 13.0. The molecule has 1 aliphatic rings. The van der Waals surface area contributed by atoms with E-state index in [1.165, 1.54) is 59.9 Å². The van der Waals surface area contributed by atoms with Crippen molar-refractivity contribution in [3.8, 4) is 0 Å². The van der Waals surface area contributed by atoms with Gasteiger partial charge in [0, 0.05) is 31.3 Å². The molecule has 0 aromatic heterocycles. The van der Waals surface area contributed by atoms with Gasteiger partial charge in [-0.1, -0.05) is 18.2 Å². The van der Waals surface area contributed by atoms with E-state index in [0.717, 1.165) is 4.31 Å². The summed E-state index contributed by atoms with van der Waals surface area (Å²) in [6.45, 7) is 4.08. The Bertz CT molecular complexity index is 1570. The molecule has 0 unspecified atom stereocenters. The van der Waals surface area contributed by atoms with Gasteiger partial charge in [0.05, 0.1) is 27.7 Å². The highest BCUT2D eigenvalue weighted by atomic mass is 32.2. The van der Waals surface area contributed by atoms with Crippen LogP contribution in [0.4, 0.5) is 5.69 Å². The van der Waals surface area contributed by atoms with E-state index in [2.05, 4.69) is 10.9 Å². The van der Waals surface area contributed by atoms with E-state index in [4.69, 9.17) is 4.74 Å². The Balaban J connectivity index is 1.36. The molecule has 1 saturated heterocycles. The Hall–Kier alpha value is -3.78. The number of hydrogen-bond donors (Lipinski definition) is 2. The van der Waals surface area contributed by atoms with Crippen LogP contribution >= 0.6 is 0 Å². The molecule has 0 saturated carbocycles. The van der Waals surface area contributed by atoms with Crippen LogP contribution in [0.3, 0.4) is 0 Å². The van der Waals surface area contributed by atoms with Crippen LogP contribution in [0.25, 0.3) is 0 Å². The number of hydrogen-bond acceptors (Lipinski definition) is 7. The summed E-state index contributed by atoms with van der Waals surface area (Å²) < 4.78 is 59.9. The molecule has 0 bridgehead atoms. The third kappa shape index (κ3) is 6.33. The van der Waals surface area contributed by atoms with Crippen molar-refractivity contribution in [1.29, 1.82) is 0 Å². The number of hydrazine groups is 1. The zero-order chi connectivity index (χ0) is 29.1. The molecular formula is C27H30N4O7S2. The lowest BCUT2D eigenvalue weighted by Gasteiger charge is -2.34. The molecule has 2 N–H and O–H groups in total. The second-order valence-electron chi connectivity index (χ2n) is 9.34. The SMILES string of the molecule is C[C@@H]1CN(S(=O)(=O)c2ccc(C(=O)NNC(=O)c3ccc(S(=O)(=O)N(C)c4ccccc4)cc3)cc2)C[C@@H](C)O1. The number of nitrogens with one attached hydrogen (secondary N) is 2. The number of carbonyl (C=O) groups is 2. The van der Waals surface area contributed by atoms with Gasteiger partial charge < -0.3 is 4.74 Å². The average molecular weight is 587 g/mol. The van der Waals surface area contributed by atoms with Gasteiger partial charge >= 0.3 is 0 Å². The van der Waals surface area contributed by atoms with Crippen molar-refractivity contribution in [2.45, 2.75) is 35.8 Å². The highest BCUT2D eigenvalue weighted by Gasteiger charge is 2.32. The zero-order valence-electron chi connectivity index (χ0n) is 22.1. The summed E-state index contributed by atoms with van der Waals surface area (Å²) in [5.41, 5.74) is 5.29. The number of rotatable bonds is 7. The van der Waals surface area contributed by atoms with Crippen LogP contribution in [-0.2, 0) is 24.8 Å². The number of para-hydroxylation sites is 1. The zero-order valence-corrected chi connectivity index (χ0v) is 23.8. The predicted octanol–water partition coefficient (Wildman–Crippen LogP) is 2.38. The smallest absolute Gasteiger partial charge is 0.269 e. The van der Waals surface area contributed by atoms with Crippen LogP contribution in [0.5, 0.6) is 0 Å². The van der Waals surface area contributed by atoms with Crippen LogP contribution < -0.4 is 15.2 Å². The van der Waals surface area contributed by atoms with Gasteiger partial charge in [0.1, 0.15) is 0 Å². The fourth-order valence-corrected chi connectivity index (χ4v) is 7.01. The lowest BCUT2D eigenvalue weighted by atomic mass is 10.2. The van der Waals surface area contributed by atoms with Crippen LogP contribution in [-0.4, -0.2) is 65.3 Å². The number of nitrogens with zero attached hydrogens (tertiary/aromatic N) is 2. The molecule has 0 radical (unpaired) electrons. The molecule has 3 aromatic carbocycles. The van der Waals surface area contributed by atoms with E-state index in [-0.39, 0.29) is 46.2 Å². The number of sulfonamides is 2. The Kier molecular flexibility index (Phi) is 8.59. The molecule has 11 nitrogen and oxygen atoms in total. The summed E-state index contributed by atoms with van der Waals surface area (Å²) in [6, 6.07) is 19.2. The maximum Gasteiger partial charge on any atom is 0.269 e. The lowest BCUT2D eigenvalue weighted by Crippen LogP contribution is -2.48. The molecule has 4 rings (SSSR count). The number of anilines is 1. The van der Waals surface area contributed by atoms with Crippen molar-refractivity contribution in [2.24, 2.45) is 0 Å². The normalized spacial score (nSPS) is 18.1. The predicted molar refractivity (Wildman–Crippen MR) is 149 cm³/mol. The number of amides is 2. The summed E-state index contributed by atoms with van der Waals surface area (Å²) in [7, 11) is -6.17. The van der Waals surface area contributed by atoms with Gasteiger partial charge in [0.2, 0.25) is 10.0 Å². The van der Waals surface area contributed by atoms with Gasteiger partial charge in [-0.25, -0.2) is 16.8 Å². The summed E-state index contributed by atoms with van der Waals surface area (Å²) >= 11 is 0. The minimum Gasteiger partial charge on any atom is -0.373 e. The second-order valence-corrected chi connectivity index (χ2v) is 13.3. The summed E-state index contributed by atoms with van der Waals surface area (Å²) in [6.07, 6.45) is -0.466. The lowest BCUT2D eigenvalue weighted by molar-refractivity contribution is -0.0440. The van der Waals surface area contributed by atoms with Gasteiger partial charge in [-0.05, 0) is 74.5 Å². The second kappa shape index (κ2) is 11.8. The van der Waals surface area contributed by atoms with Gasteiger partial charge in [0.25, 0.3) is 21.8 Å². The number of ether oxygens (including phenoxy) is 1. The van der Waals surface area contributed by atoms with Crippen molar-refractivity contribution >= 4 is 37.5 Å². The fourth-order valence-electron chi connectivity index (χ4n) is 4.23. The van der Waals surface area contributed by atoms with Gasteiger partial charge in [-0.2, -0.15) is 4.31 Å². The first-order valence-electron chi connectivity index (χ1n) is 12.4. The highest BCUT2D eigenvalue weighted by molar-refractivity contribution is 7.92. The van der Waals surface area contributed by atoms with Crippen molar-refractivity contribution < 1.29 is 31.2 Å². The molecule has 1 heterocycles. The molecular weight excluding hydrogens is 556 g/mol. The Morgan fingerprint density at radius 1 is 0.750 bits per heavy atom. The van der Waals surface area contributed by atoms with E-state index in [1.807, 2.05) is 0 Å². The molecule has 2 atom stereocenters. The van der Waals surface area contributed by atoms with E-state index in [9.17, 15) is 26.4 Å². The largest absolute Gasteiger partial charge is 0.373 e. The molecule has 0 spiro atoms. The third-order valence-corrected chi connectivity index (χ3v) is 9.97. The number of morpholine rings is 1. The quantitative estimate of drug-likeness (QED) is 0.405. The minimum absolute atomic E-state index is 0.00419. The van der Waals surface area contributed by atoms with Crippen LogP contribution in [0.2, 0.25) is 0 Å². The van der Waals surface area contributed by atoms with Crippen LogP contribution in [0.15, 0.2) is 88.7 Å². The Morgan fingerprint density at radius 3 is 1.68 bits per heavy atom. The molecule has 0 aliphatic carbocycles. The number of carbonyl (C=O) groups excluding carboxylic acids is 2. The maximum absolute atomic E-state index is 13.0. The first kappa shape index (κ1) is 29.2. The topological polar surface area (TPSA) is 142 Å². The van der Waals surface area contributed by atoms with Crippen molar-refractivity contribution in [3.05, 3.63) is 90.0 Å². The van der Waals surface area contributed by atoms with Crippen molar-refractivity contribution in [2.75, 3.05) is 24.4 Å². The van der Waals surface area contributed by atoms with Crippen LogP contribution in [0.1, 0.15) is 34.6 Å². The molecule has 2 amide bonds. The summed E-state index contributed by atoms with van der Waals surface area (Å²) in [5.74, 6) is -1.32. The summed E-state index contributed by atoms with van der Waals surface area (Å²) in [4.78, 5) is 25.1. The first-order valence-corrected chi connectivity index (χ1v) is 15.3. The third-order valence-electron chi connectivity index (χ3n) is 6.32. The Labute approximate surface area is 233 Å². The first-order chi connectivity index (χ1) is 18.9. The summed E-state index contributed by atoms with van der Waals surface area (Å²) in [5, 5.41) is 0. The van der Waals surface area contributed by atoms with E-state index in [0.29, 0.717) is 5.69 Å². The fraction of sp³-hybridized carbons (Fsp3) is 0.259. The van der Waals surface area contributed by atoms with E-state index in [1.54, 1.807) is 44.2 Å². The average Bonchev–Trinajstić information content (AvgIpc) is 2.95. The molecule has 13 heteroatoms. The monoisotopic (exact) mass is 586 g/mol. The molecule has 212 valence electrons. The standard InChI is InChI=1S/C27H30N4O7S2/c1-19-17-31(18-20(2)38-19)40(36,37)25-15-11-22(12-16-25)27(33)29-28-26(32)21-9-13-24(14-10-21)39(34,35)30(3)23-7-5-4-6-8-23/h4-16,19-20H,17-18H2,1-3H3,(H,28,32)(H,29,33)/t19-,20-/m1/s1. The van der Waals surface area contributed by atoms with Gasteiger partial charge in [0.15, 0.2) is 0 Å². The van der Waals surface area contributed by atoms with Crippen molar-refractivity contribution in [1.82, 2.24) is 15.2 Å². The minimum atomic E-state index is -3.84. The van der Waals surface area contributed by atoms with Gasteiger partial charge in [-0.15, -0.1) is 0 Å². The van der Waals surface area contributed by atoms with E-state index < -0.39 is 31.9 Å². The van der Waals surface area contributed by atoms with Crippen LogP contribution in [0, 0.1) is 0 Å². The molecule has 3 aromatic rings. The number of benzene rings is 3. The molecule has 40 heavy (non-hydrogen) atoms.